The lowest BCUT2D eigenvalue weighted by atomic mass is 10.3. The quantitative estimate of drug-likeness (QED) is 0.875. The third kappa shape index (κ3) is 2.85. The minimum Gasteiger partial charge on any atom is -0.464 e. The molecule has 0 spiro atoms. The molecule has 4 nitrogen and oxygen atoms in total. The molecule has 17 heavy (non-hydrogen) atoms. The summed E-state index contributed by atoms with van der Waals surface area (Å²) in [6.45, 7) is 3.18. The minimum atomic E-state index is 0.522. The van der Waals surface area contributed by atoms with Gasteiger partial charge in [0.05, 0.1) is 6.54 Å². The van der Waals surface area contributed by atoms with Gasteiger partial charge in [-0.2, -0.15) is 0 Å². The Morgan fingerprint density at radius 2 is 2.12 bits per heavy atom. The summed E-state index contributed by atoms with van der Waals surface area (Å²) in [6.07, 6.45) is 1.80. The fraction of sp³-hybridized carbons (Fsp3) is 0.308. The first kappa shape index (κ1) is 11.7. The van der Waals surface area contributed by atoms with Crippen LogP contribution in [0, 0.1) is 6.92 Å². The van der Waals surface area contributed by atoms with Gasteiger partial charge in [0, 0.05) is 19.8 Å². The smallest absolute Gasteiger partial charge is 0.128 e. The molecule has 4 heteroatoms. The van der Waals surface area contributed by atoms with E-state index in [2.05, 4.69) is 4.98 Å². The van der Waals surface area contributed by atoms with Gasteiger partial charge in [-0.25, -0.2) is 4.98 Å². The molecule has 0 aliphatic heterocycles. The zero-order valence-electron chi connectivity index (χ0n) is 10.2. The number of aryl methyl sites for hydroxylation is 1. The van der Waals surface area contributed by atoms with E-state index >= 15 is 0 Å². The summed E-state index contributed by atoms with van der Waals surface area (Å²) in [5.74, 6) is 2.78. The molecule has 90 valence electrons. The Kier molecular flexibility index (Phi) is 3.44. The SMILES string of the molecule is Cc1ccc(CN(C)c2ccc(CN)cn2)o1. The van der Waals surface area contributed by atoms with Gasteiger partial charge in [-0.15, -0.1) is 0 Å². The monoisotopic (exact) mass is 231 g/mol. The third-order valence-corrected chi connectivity index (χ3v) is 2.62. The van der Waals surface area contributed by atoms with Gasteiger partial charge in [-0.1, -0.05) is 6.07 Å². The lowest BCUT2D eigenvalue weighted by Crippen LogP contribution is -2.17. The van der Waals surface area contributed by atoms with Crippen molar-refractivity contribution in [3.63, 3.8) is 0 Å². The van der Waals surface area contributed by atoms with Gasteiger partial charge >= 0.3 is 0 Å². The third-order valence-electron chi connectivity index (χ3n) is 2.62. The maximum Gasteiger partial charge on any atom is 0.128 e. The van der Waals surface area contributed by atoms with Crippen LogP contribution in [0.2, 0.25) is 0 Å². The number of hydrogen-bond donors (Lipinski definition) is 1. The molecule has 0 aliphatic rings. The number of nitrogens with zero attached hydrogens (tertiary/aromatic N) is 2. The lowest BCUT2D eigenvalue weighted by Gasteiger charge is -2.16. The first-order valence-corrected chi connectivity index (χ1v) is 5.60. The number of pyridine rings is 1. The number of anilines is 1. The van der Waals surface area contributed by atoms with Crippen molar-refractivity contribution in [2.24, 2.45) is 5.73 Å². The van der Waals surface area contributed by atoms with Gasteiger partial charge < -0.3 is 15.1 Å². The summed E-state index contributed by atoms with van der Waals surface area (Å²) < 4.78 is 5.53. The van der Waals surface area contributed by atoms with Crippen LogP contribution in [0.5, 0.6) is 0 Å². The molecular formula is C13H17N3O. The van der Waals surface area contributed by atoms with E-state index < -0.39 is 0 Å². The predicted octanol–water partition coefficient (Wildman–Crippen LogP) is 2.08. The fourth-order valence-corrected chi connectivity index (χ4v) is 1.65. The Labute approximate surface area is 101 Å². The summed E-state index contributed by atoms with van der Waals surface area (Å²) >= 11 is 0. The summed E-state index contributed by atoms with van der Waals surface area (Å²) in [5, 5.41) is 0. The Morgan fingerprint density at radius 1 is 1.29 bits per heavy atom. The van der Waals surface area contributed by atoms with E-state index in [1.165, 1.54) is 0 Å². The van der Waals surface area contributed by atoms with Gasteiger partial charge in [-0.3, -0.25) is 0 Å². The van der Waals surface area contributed by atoms with Crippen molar-refractivity contribution < 1.29 is 4.42 Å². The van der Waals surface area contributed by atoms with Gasteiger partial charge in [0.2, 0.25) is 0 Å². The summed E-state index contributed by atoms with van der Waals surface area (Å²) in [7, 11) is 1.99. The summed E-state index contributed by atoms with van der Waals surface area (Å²) in [5.41, 5.74) is 6.57. The Hall–Kier alpha value is -1.81. The Morgan fingerprint density at radius 3 is 2.65 bits per heavy atom. The molecule has 2 N–H and O–H groups in total. The van der Waals surface area contributed by atoms with E-state index in [-0.39, 0.29) is 0 Å². The zero-order valence-corrected chi connectivity index (χ0v) is 10.2. The zero-order chi connectivity index (χ0) is 12.3. The second kappa shape index (κ2) is 5.01. The number of rotatable bonds is 4. The standard InChI is InChI=1S/C13H17N3O/c1-10-3-5-12(17-10)9-16(2)13-6-4-11(7-14)8-15-13/h3-6,8H,7,9,14H2,1-2H3. The maximum absolute atomic E-state index is 5.53. The number of hydrogen-bond acceptors (Lipinski definition) is 4. The van der Waals surface area contributed by atoms with Crippen molar-refractivity contribution >= 4 is 5.82 Å². The average Bonchev–Trinajstić information content (AvgIpc) is 2.75. The van der Waals surface area contributed by atoms with E-state index in [9.17, 15) is 0 Å². The largest absolute Gasteiger partial charge is 0.464 e. The molecule has 0 aliphatic carbocycles. The normalized spacial score (nSPS) is 10.5. The number of furan rings is 1. The van der Waals surface area contributed by atoms with Crippen molar-refractivity contribution in [2.45, 2.75) is 20.0 Å². The van der Waals surface area contributed by atoms with E-state index in [0.717, 1.165) is 22.9 Å². The second-order valence-electron chi connectivity index (χ2n) is 4.10. The Bertz CT molecular complexity index is 476. The van der Waals surface area contributed by atoms with Crippen LogP contribution in [0.15, 0.2) is 34.9 Å². The number of aromatic nitrogens is 1. The molecular weight excluding hydrogens is 214 g/mol. The number of nitrogens with two attached hydrogens (primary N) is 1. The van der Waals surface area contributed by atoms with Crippen LogP contribution in [-0.4, -0.2) is 12.0 Å². The molecule has 2 aromatic heterocycles. The van der Waals surface area contributed by atoms with Gasteiger partial charge in [0.25, 0.3) is 0 Å². The lowest BCUT2D eigenvalue weighted by molar-refractivity contribution is 0.481. The molecule has 0 radical (unpaired) electrons. The van der Waals surface area contributed by atoms with Gasteiger partial charge in [0.1, 0.15) is 17.3 Å². The van der Waals surface area contributed by atoms with Crippen LogP contribution in [0.1, 0.15) is 17.1 Å². The minimum absolute atomic E-state index is 0.522. The van der Waals surface area contributed by atoms with Crippen molar-refractivity contribution in [3.8, 4) is 0 Å². The van der Waals surface area contributed by atoms with Crippen LogP contribution in [0.4, 0.5) is 5.82 Å². The molecule has 0 saturated heterocycles. The van der Waals surface area contributed by atoms with Crippen LogP contribution < -0.4 is 10.6 Å². The highest BCUT2D eigenvalue weighted by atomic mass is 16.3. The van der Waals surface area contributed by atoms with Crippen molar-refractivity contribution in [3.05, 3.63) is 47.5 Å². The molecule has 0 atom stereocenters. The van der Waals surface area contributed by atoms with E-state index in [1.807, 2.05) is 43.1 Å². The van der Waals surface area contributed by atoms with Crippen LogP contribution >= 0.6 is 0 Å². The molecule has 0 fully saturated rings. The Balaban J connectivity index is 2.06. The molecule has 2 aromatic rings. The average molecular weight is 231 g/mol. The maximum atomic E-state index is 5.53. The molecule has 0 unspecified atom stereocenters. The predicted molar refractivity (Wildman–Crippen MR) is 67.7 cm³/mol. The van der Waals surface area contributed by atoms with Crippen LogP contribution in [0.25, 0.3) is 0 Å². The van der Waals surface area contributed by atoms with Crippen molar-refractivity contribution in [2.75, 3.05) is 11.9 Å². The summed E-state index contributed by atoms with van der Waals surface area (Å²) in [6, 6.07) is 7.92. The molecule has 0 bridgehead atoms. The molecule has 2 rings (SSSR count). The summed E-state index contributed by atoms with van der Waals surface area (Å²) in [4.78, 5) is 6.40. The van der Waals surface area contributed by atoms with Gasteiger partial charge in [-0.05, 0) is 30.7 Å². The molecule has 0 amide bonds. The molecule has 0 saturated carbocycles. The second-order valence-corrected chi connectivity index (χ2v) is 4.10. The highest BCUT2D eigenvalue weighted by Crippen LogP contribution is 2.14. The highest BCUT2D eigenvalue weighted by molar-refractivity contribution is 5.38. The van der Waals surface area contributed by atoms with Gasteiger partial charge in [0.15, 0.2) is 0 Å². The first-order chi connectivity index (χ1) is 8.19. The van der Waals surface area contributed by atoms with Crippen molar-refractivity contribution in [1.82, 2.24) is 4.98 Å². The van der Waals surface area contributed by atoms with E-state index in [4.69, 9.17) is 10.2 Å². The first-order valence-electron chi connectivity index (χ1n) is 5.60. The topological polar surface area (TPSA) is 55.3 Å². The molecule has 0 aromatic carbocycles. The van der Waals surface area contributed by atoms with Crippen molar-refractivity contribution in [1.29, 1.82) is 0 Å². The fourth-order valence-electron chi connectivity index (χ4n) is 1.65. The van der Waals surface area contributed by atoms with Crippen LogP contribution in [0.3, 0.4) is 0 Å². The van der Waals surface area contributed by atoms with E-state index in [0.29, 0.717) is 13.1 Å². The molecule has 2 heterocycles. The van der Waals surface area contributed by atoms with E-state index in [1.54, 1.807) is 6.20 Å². The van der Waals surface area contributed by atoms with Crippen LogP contribution in [-0.2, 0) is 13.1 Å². The highest BCUT2D eigenvalue weighted by Gasteiger charge is 2.06.